The summed E-state index contributed by atoms with van der Waals surface area (Å²) in [6.45, 7) is 4.96. The molecule has 0 bridgehead atoms. The first-order chi connectivity index (χ1) is 7.13. The molecule has 1 rings (SSSR count). The van der Waals surface area contributed by atoms with Gasteiger partial charge in [0.15, 0.2) is 0 Å². The Hall–Kier alpha value is -0.320. The summed E-state index contributed by atoms with van der Waals surface area (Å²) in [5.74, 6) is 0.669. The van der Waals surface area contributed by atoms with Crippen molar-refractivity contribution < 1.29 is 9.53 Å². The smallest absolute Gasteiger partial charge is 0.222 e. The Balaban J connectivity index is 0.00000225. The minimum Gasteiger partial charge on any atom is -0.378 e. The molecular formula is C11H23ClN2O2. The van der Waals surface area contributed by atoms with E-state index in [9.17, 15) is 4.79 Å². The third-order valence-corrected chi connectivity index (χ3v) is 2.57. The zero-order valence-electron chi connectivity index (χ0n) is 10.1. The number of nitrogens with two attached hydrogens (primary N) is 1. The standard InChI is InChI=1S/C11H22N2O2.ClH/c1-8(2)15-6-5-11(14)13-10(7-12)9-3-4-9;/h8-10H,3-7,12H2,1-2H3,(H,13,14);1H. The van der Waals surface area contributed by atoms with Crippen LogP contribution in [0.2, 0.25) is 0 Å². The average molecular weight is 251 g/mol. The molecule has 0 aromatic heterocycles. The molecule has 1 fully saturated rings. The van der Waals surface area contributed by atoms with Crippen LogP contribution in [0.4, 0.5) is 0 Å². The Morgan fingerprint density at radius 3 is 2.56 bits per heavy atom. The van der Waals surface area contributed by atoms with E-state index in [1.165, 1.54) is 12.8 Å². The Bertz CT molecular complexity index is 208. The van der Waals surface area contributed by atoms with Crippen LogP contribution in [0.5, 0.6) is 0 Å². The highest BCUT2D eigenvalue weighted by molar-refractivity contribution is 5.85. The van der Waals surface area contributed by atoms with Crippen LogP contribution in [0.25, 0.3) is 0 Å². The van der Waals surface area contributed by atoms with Crippen LogP contribution in [0.1, 0.15) is 33.1 Å². The molecule has 16 heavy (non-hydrogen) atoms. The summed E-state index contributed by atoms with van der Waals surface area (Å²) in [6, 6.07) is 0.177. The largest absolute Gasteiger partial charge is 0.378 e. The SMILES string of the molecule is CC(C)OCCC(=O)NC(CN)C1CC1.Cl. The van der Waals surface area contributed by atoms with E-state index in [4.69, 9.17) is 10.5 Å². The highest BCUT2D eigenvalue weighted by atomic mass is 35.5. The molecular weight excluding hydrogens is 228 g/mol. The number of carbonyl (C=O) groups excluding carboxylic acids is 1. The molecule has 1 amide bonds. The van der Waals surface area contributed by atoms with E-state index in [0.717, 1.165) is 0 Å². The van der Waals surface area contributed by atoms with Crippen molar-refractivity contribution in [3.05, 3.63) is 0 Å². The monoisotopic (exact) mass is 250 g/mol. The zero-order chi connectivity index (χ0) is 11.3. The van der Waals surface area contributed by atoms with Gasteiger partial charge in [0, 0.05) is 19.0 Å². The quantitative estimate of drug-likeness (QED) is 0.711. The predicted octanol–water partition coefficient (Wildman–Crippen LogP) is 1.08. The summed E-state index contributed by atoms with van der Waals surface area (Å²) in [6.07, 6.45) is 3.02. The van der Waals surface area contributed by atoms with E-state index in [1.54, 1.807) is 0 Å². The van der Waals surface area contributed by atoms with Crippen molar-refractivity contribution in [3.63, 3.8) is 0 Å². The van der Waals surface area contributed by atoms with Crippen LogP contribution in [0.3, 0.4) is 0 Å². The van der Waals surface area contributed by atoms with Gasteiger partial charge >= 0.3 is 0 Å². The molecule has 3 N–H and O–H groups in total. The van der Waals surface area contributed by atoms with E-state index in [1.807, 2.05) is 13.8 Å². The van der Waals surface area contributed by atoms with Crippen LogP contribution < -0.4 is 11.1 Å². The highest BCUT2D eigenvalue weighted by Gasteiger charge is 2.30. The van der Waals surface area contributed by atoms with Crippen LogP contribution in [0.15, 0.2) is 0 Å². The maximum Gasteiger partial charge on any atom is 0.222 e. The summed E-state index contributed by atoms with van der Waals surface area (Å²) >= 11 is 0. The second-order valence-corrected chi connectivity index (χ2v) is 4.42. The number of rotatable bonds is 7. The number of ether oxygens (including phenoxy) is 1. The van der Waals surface area contributed by atoms with Gasteiger partial charge in [0.05, 0.1) is 12.7 Å². The molecule has 1 aliphatic carbocycles. The number of carbonyl (C=O) groups is 1. The summed E-state index contributed by atoms with van der Waals surface area (Å²) in [5, 5.41) is 2.96. The van der Waals surface area contributed by atoms with Crippen LogP contribution in [0, 0.1) is 5.92 Å². The Labute approximate surface area is 104 Å². The molecule has 0 aromatic carbocycles. The van der Waals surface area contributed by atoms with Crippen molar-refractivity contribution in [1.29, 1.82) is 0 Å². The molecule has 0 aromatic rings. The Morgan fingerprint density at radius 2 is 2.12 bits per heavy atom. The lowest BCUT2D eigenvalue weighted by molar-refractivity contribution is -0.123. The van der Waals surface area contributed by atoms with Gasteiger partial charge in [-0.3, -0.25) is 4.79 Å². The van der Waals surface area contributed by atoms with Gasteiger partial charge in [0.2, 0.25) is 5.91 Å². The average Bonchev–Trinajstić information content (AvgIpc) is 2.96. The van der Waals surface area contributed by atoms with Crippen molar-refractivity contribution in [2.45, 2.75) is 45.3 Å². The van der Waals surface area contributed by atoms with Crippen molar-refractivity contribution in [2.75, 3.05) is 13.2 Å². The van der Waals surface area contributed by atoms with Gasteiger partial charge in [-0.15, -0.1) is 12.4 Å². The minimum absolute atomic E-state index is 0. The van der Waals surface area contributed by atoms with E-state index in [-0.39, 0.29) is 30.5 Å². The summed E-state index contributed by atoms with van der Waals surface area (Å²) in [4.78, 5) is 11.5. The van der Waals surface area contributed by atoms with Crippen molar-refractivity contribution >= 4 is 18.3 Å². The van der Waals surface area contributed by atoms with Crippen LogP contribution >= 0.6 is 12.4 Å². The molecule has 1 unspecified atom stereocenters. The van der Waals surface area contributed by atoms with E-state index in [0.29, 0.717) is 25.5 Å². The molecule has 0 aliphatic heterocycles. The first kappa shape index (κ1) is 15.7. The van der Waals surface area contributed by atoms with Crippen molar-refractivity contribution in [3.8, 4) is 0 Å². The lowest BCUT2D eigenvalue weighted by Gasteiger charge is -2.16. The lowest BCUT2D eigenvalue weighted by atomic mass is 10.2. The highest BCUT2D eigenvalue weighted by Crippen LogP contribution is 2.32. The minimum atomic E-state index is 0. The number of halogens is 1. The van der Waals surface area contributed by atoms with Gasteiger partial charge in [-0.1, -0.05) is 0 Å². The molecule has 0 saturated heterocycles. The third-order valence-electron chi connectivity index (χ3n) is 2.57. The van der Waals surface area contributed by atoms with Gasteiger partial charge in [0.25, 0.3) is 0 Å². The molecule has 4 nitrogen and oxygen atoms in total. The lowest BCUT2D eigenvalue weighted by Crippen LogP contribution is -2.42. The second-order valence-electron chi connectivity index (χ2n) is 4.42. The van der Waals surface area contributed by atoms with E-state index < -0.39 is 0 Å². The van der Waals surface area contributed by atoms with Gasteiger partial charge in [-0.2, -0.15) is 0 Å². The first-order valence-electron chi connectivity index (χ1n) is 5.74. The number of hydrogen-bond donors (Lipinski definition) is 2. The number of amides is 1. The summed E-state index contributed by atoms with van der Waals surface area (Å²) < 4.78 is 5.31. The van der Waals surface area contributed by atoms with Gasteiger partial charge in [-0.05, 0) is 32.6 Å². The third kappa shape index (κ3) is 6.30. The maximum atomic E-state index is 11.5. The Kier molecular flexibility index (Phi) is 7.72. The van der Waals surface area contributed by atoms with Gasteiger partial charge in [0.1, 0.15) is 0 Å². The van der Waals surface area contributed by atoms with E-state index >= 15 is 0 Å². The molecule has 1 aliphatic rings. The van der Waals surface area contributed by atoms with Crippen LogP contribution in [-0.4, -0.2) is 31.2 Å². The fourth-order valence-corrected chi connectivity index (χ4v) is 1.53. The van der Waals surface area contributed by atoms with Crippen molar-refractivity contribution in [2.24, 2.45) is 11.7 Å². The first-order valence-corrected chi connectivity index (χ1v) is 5.74. The maximum absolute atomic E-state index is 11.5. The fraction of sp³-hybridized carbons (Fsp3) is 0.909. The zero-order valence-corrected chi connectivity index (χ0v) is 10.9. The second kappa shape index (κ2) is 7.87. The fourth-order valence-electron chi connectivity index (χ4n) is 1.53. The van der Waals surface area contributed by atoms with Gasteiger partial charge in [-0.25, -0.2) is 0 Å². The topological polar surface area (TPSA) is 64.3 Å². The molecule has 1 saturated carbocycles. The number of hydrogen-bond acceptors (Lipinski definition) is 3. The normalized spacial score (nSPS) is 16.8. The summed E-state index contributed by atoms with van der Waals surface area (Å²) in [5.41, 5.74) is 5.59. The van der Waals surface area contributed by atoms with Crippen LogP contribution in [-0.2, 0) is 9.53 Å². The Morgan fingerprint density at radius 1 is 1.50 bits per heavy atom. The van der Waals surface area contributed by atoms with Gasteiger partial charge < -0.3 is 15.8 Å². The van der Waals surface area contributed by atoms with E-state index in [2.05, 4.69) is 5.32 Å². The molecule has 0 heterocycles. The van der Waals surface area contributed by atoms with Crippen molar-refractivity contribution in [1.82, 2.24) is 5.32 Å². The molecule has 0 radical (unpaired) electrons. The summed E-state index contributed by atoms with van der Waals surface area (Å²) in [7, 11) is 0. The number of nitrogens with one attached hydrogen (secondary N) is 1. The predicted molar refractivity (Wildman–Crippen MR) is 66.7 cm³/mol. The molecule has 5 heteroatoms. The molecule has 96 valence electrons. The molecule has 0 spiro atoms. The molecule has 1 atom stereocenters.